The van der Waals surface area contributed by atoms with Gasteiger partial charge in [0, 0.05) is 33.6 Å². The zero-order chi connectivity index (χ0) is 47.3. The zero-order valence-electron chi connectivity index (χ0n) is 45.0. The molecule has 2 nitrogen and oxygen atoms in total. The van der Waals surface area contributed by atoms with Crippen molar-refractivity contribution < 1.29 is 22.6 Å². The van der Waals surface area contributed by atoms with Crippen LogP contribution in [0.25, 0.3) is 0 Å². The van der Waals surface area contributed by atoms with Crippen LogP contribution in [-0.2, 0) is 27.1 Å². The fourth-order valence-electron chi connectivity index (χ4n) is 11.6. The SMILES string of the molecule is [2H]c1c([2H])c([2H])c2c(c1[2H])Oc1c([2H])c([2H])c(N(c3c([2H])c([2H])c4c(c3[2H])C(C)(C)CCC4(C)C)c3c([2H])c([2H])c4c(c3[2H])C(C)(C)CCC4(C)C)c([2H])c1C21C2CC3CC(C2)CC1C3. The van der Waals surface area contributed by atoms with Gasteiger partial charge in [0.25, 0.3) is 0 Å². The van der Waals surface area contributed by atoms with E-state index < -0.39 is 51.2 Å². The van der Waals surface area contributed by atoms with Crippen molar-refractivity contribution in [3.05, 3.63) is 112 Å². The standard InChI is InChI=1S/C50H59NO/c1-46(2)19-21-48(5,6)41-28-35(13-16-38(41)46)51(36-14-17-39-42(29-36)49(7,8)22-20-47(39,3)4)37-15-18-45-43(30-37)50(40-11-9-10-12-44(40)52-45)33-24-31-23-32(26-33)27-34(50)25-31/h9-18,28-34H,19-27H2,1-8H3/i9D,10D,11D,12D,13D,14D,15D,16D,17D,18D,28D,29D,30D. The Morgan fingerprint density at radius 1 is 0.481 bits per heavy atom. The summed E-state index contributed by atoms with van der Waals surface area (Å²) in [5.74, 6) is 0.151. The first kappa shape index (κ1) is 22.0. The number of para-hydroxylation sites is 1. The molecule has 1 aliphatic heterocycles. The molecule has 4 saturated carbocycles. The number of rotatable bonds is 3. The smallest absolute Gasteiger partial charge is 0.131 e. The lowest BCUT2D eigenvalue weighted by Gasteiger charge is -2.63. The van der Waals surface area contributed by atoms with Gasteiger partial charge in [-0.05, 0) is 174 Å². The second-order valence-corrected chi connectivity index (χ2v) is 19.7. The van der Waals surface area contributed by atoms with Crippen molar-refractivity contribution in [1.82, 2.24) is 0 Å². The molecular weight excluding hydrogens is 631 g/mol. The Kier molecular flexibility index (Phi) is 4.57. The molecular formula is C50H59NO. The second-order valence-electron chi connectivity index (χ2n) is 19.7. The molecule has 0 saturated heterocycles. The fourth-order valence-corrected chi connectivity index (χ4v) is 11.6. The summed E-state index contributed by atoms with van der Waals surface area (Å²) in [6.07, 6.45) is 6.76. The Bertz CT molecular complexity index is 2700. The van der Waals surface area contributed by atoms with Gasteiger partial charge in [-0.15, -0.1) is 0 Å². The van der Waals surface area contributed by atoms with Crippen LogP contribution in [0.2, 0.25) is 0 Å². The molecule has 4 aromatic rings. The van der Waals surface area contributed by atoms with Crippen molar-refractivity contribution >= 4 is 17.1 Å². The Hall–Kier alpha value is -3.52. The van der Waals surface area contributed by atoms with Gasteiger partial charge in [-0.1, -0.05) is 85.6 Å². The van der Waals surface area contributed by atoms with E-state index in [0.717, 1.165) is 32.1 Å². The molecule has 4 bridgehead atoms. The molecule has 52 heavy (non-hydrogen) atoms. The first-order chi connectivity index (χ1) is 30.1. The summed E-state index contributed by atoms with van der Waals surface area (Å²) in [7, 11) is 0. The predicted molar refractivity (Wildman–Crippen MR) is 216 cm³/mol. The molecule has 0 unspecified atom stereocenters. The molecule has 0 atom stereocenters. The summed E-state index contributed by atoms with van der Waals surface area (Å²) in [4.78, 5) is 1.28. The minimum absolute atomic E-state index is 0.0894. The Morgan fingerprint density at radius 2 is 0.904 bits per heavy atom. The number of anilines is 3. The monoisotopic (exact) mass is 703 g/mol. The van der Waals surface area contributed by atoms with Crippen molar-refractivity contribution in [1.29, 1.82) is 0 Å². The van der Waals surface area contributed by atoms with E-state index >= 15 is 0 Å². The van der Waals surface area contributed by atoms with Crippen LogP contribution in [0, 0.1) is 23.7 Å². The molecule has 0 amide bonds. The largest absolute Gasteiger partial charge is 0.457 e. The Labute approximate surface area is 331 Å². The van der Waals surface area contributed by atoms with Crippen LogP contribution in [0.3, 0.4) is 0 Å². The first-order valence-electron chi connectivity index (χ1n) is 26.2. The molecule has 0 radical (unpaired) electrons. The van der Waals surface area contributed by atoms with E-state index in [1.165, 1.54) is 4.90 Å². The maximum atomic E-state index is 10.6. The molecule has 2 heteroatoms. The van der Waals surface area contributed by atoms with Crippen molar-refractivity contribution in [3.63, 3.8) is 0 Å². The first-order valence-corrected chi connectivity index (χ1v) is 19.7. The molecule has 6 aliphatic carbocycles. The summed E-state index contributed by atoms with van der Waals surface area (Å²) in [6.45, 7) is 16.1. The van der Waals surface area contributed by atoms with Crippen LogP contribution in [0.5, 0.6) is 11.5 Å². The quantitative estimate of drug-likeness (QED) is 0.211. The van der Waals surface area contributed by atoms with Gasteiger partial charge in [0.2, 0.25) is 0 Å². The predicted octanol–water partition coefficient (Wildman–Crippen LogP) is 13.7. The zero-order valence-corrected chi connectivity index (χ0v) is 32.0. The highest BCUT2D eigenvalue weighted by atomic mass is 16.5. The van der Waals surface area contributed by atoms with Crippen LogP contribution in [0.4, 0.5) is 17.1 Å². The average Bonchev–Trinajstić information content (AvgIpc) is 3.22. The highest BCUT2D eigenvalue weighted by Crippen LogP contribution is 2.69. The molecule has 270 valence electrons. The lowest BCUT2D eigenvalue weighted by molar-refractivity contribution is -0.0452. The number of ether oxygens (including phenoxy) is 1. The lowest BCUT2D eigenvalue weighted by atomic mass is 9.42. The molecule has 1 spiro atoms. The number of hydrogen-bond donors (Lipinski definition) is 0. The highest BCUT2D eigenvalue weighted by molar-refractivity contribution is 5.80. The molecule has 7 aliphatic rings. The van der Waals surface area contributed by atoms with Crippen molar-refractivity contribution in [3.8, 4) is 11.5 Å². The van der Waals surface area contributed by atoms with E-state index in [0.29, 0.717) is 59.8 Å². The molecule has 11 rings (SSSR count). The Morgan fingerprint density at radius 3 is 1.42 bits per heavy atom. The normalized spacial score (nSPS) is 34.0. The molecule has 4 aromatic carbocycles. The number of benzene rings is 4. The second kappa shape index (κ2) is 10.8. The van der Waals surface area contributed by atoms with Crippen molar-refractivity contribution in [2.45, 2.75) is 140 Å². The number of nitrogens with zero attached hydrogens (tertiary/aromatic N) is 1. The minimum Gasteiger partial charge on any atom is -0.457 e. The maximum Gasteiger partial charge on any atom is 0.131 e. The van der Waals surface area contributed by atoms with Crippen LogP contribution < -0.4 is 9.64 Å². The third-order valence-electron chi connectivity index (χ3n) is 14.6. The maximum absolute atomic E-state index is 10.6. The third-order valence-corrected chi connectivity index (χ3v) is 14.6. The van der Waals surface area contributed by atoms with Gasteiger partial charge in [-0.25, -0.2) is 0 Å². The van der Waals surface area contributed by atoms with Crippen LogP contribution in [-0.4, -0.2) is 0 Å². The summed E-state index contributed by atoms with van der Waals surface area (Å²) in [6, 6.07) is -4.18. The summed E-state index contributed by atoms with van der Waals surface area (Å²) >= 11 is 0. The average molecular weight is 703 g/mol. The Balaban J connectivity index is 1.39. The van der Waals surface area contributed by atoms with E-state index in [2.05, 4.69) is 0 Å². The van der Waals surface area contributed by atoms with Crippen LogP contribution >= 0.6 is 0 Å². The van der Waals surface area contributed by atoms with Crippen molar-refractivity contribution in [2.24, 2.45) is 23.7 Å². The van der Waals surface area contributed by atoms with Crippen molar-refractivity contribution in [2.75, 3.05) is 4.90 Å². The van der Waals surface area contributed by atoms with Gasteiger partial charge in [0.15, 0.2) is 0 Å². The summed E-state index contributed by atoms with van der Waals surface area (Å²) in [5.41, 5.74) is -1.71. The molecule has 0 aromatic heterocycles. The third kappa shape index (κ3) is 4.61. The van der Waals surface area contributed by atoms with Gasteiger partial charge < -0.3 is 9.64 Å². The molecule has 1 heterocycles. The van der Waals surface area contributed by atoms with Gasteiger partial charge in [0.05, 0.1) is 17.8 Å². The lowest BCUT2D eigenvalue weighted by Crippen LogP contribution is -2.57. The van der Waals surface area contributed by atoms with Gasteiger partial charge >= 0.3 is 0 Å². The van der Waals surface area contributed by atoms with E-state index in [9.17, 15) is 13.7 Å². The van der Waals surface area contributed by atoms with Gasteiger partial charge in [-0.3, -0.25) is 0 Å². The van der Waals surface area contributed by atoms with E-state index in [1.807, 2.05) is 55.4 Å². The topological polar surface area (TPSA) is 12.5 Å². The highest BCUT2D eigenvalue weighted by Gasteiger charge is 2.61. The van der Waals surface area contributed by atoms with Gasteiger partial charge in [-0.2, -0.15) is 0 Å². The number of hydrogen-bond acceptors (Lipinski definition) is 2. The minimum atomic E-state index is -1.24. The fraction of sp³-hybridized carbons (Fsp3) is 0.520. The van der Waals surface area contributed by atoms with Crippen LogP contribution in [0.1, 0.15) is 164 Å². The summed E-state index contributed by atoms with van der Waals surface area (Å²) < 4.78 is 133. The van der Waals surface area contributed by atoms with E-state index in [-0.39, 0.29) is 106 Å². The molecule has 0 N–H and O–H groups in total. The van der Waals surface area contributed by atoms with E-state index in [1.54, 1.807) is 0 Å². The summed E-state index contributed by atoms with van der Waals surface area (Å²) in [5, 5.41) is 0. The number of fused-ring (bicyclic) bond motifs is 4. The van der Waals surface area contributed by atoms with Crippen LogP contribution in [0.15, 0.2) is 78.6 Å². The van der Waals surface area contributed by atoms with E-state index in [4.69, 9.17) is 8.85 Å². The van der Waals surface area contributed by atoms with Gasteiger partial charge in [0.1, 0.15) is 11.5 Å². The molecule has 4 fully saturated rings.